The maximum absolute atomic E-state index is 12.9. The number of rotatable bonds is 5. The third kappa shape index (κ3) is 3.68. The van der Waals surface area contributed by atoms with Gasteiger partial charge in [0, 0.05) is 37.7 Å². The van der Waals surface area contributed by atoms with Crippen LogP contribution in [0.5, 0.6) is 0 Å². The molecule has 0 fully saturated rings. The minimum Gasteiger partial charge on any atom is -0.362 e. The van der Waals surface area contributed by atoms with Crippen molar-refractivity contribution >= 4 is 22.5 Å². The summed E-state index contributed by atoms with van der Waals surface area (Å²) >= 11 is 6.23. The van der Waals surface area contributed by atoms with Crippen LogP contribution in [0.15, 0.2) is 90.1 Å². The highest BCUT2D eigenvalue weighted by Crippen LogP contribution is 2.42. The Morgan fingerprint density at radius 1 is 0.914 bits per heavy atom. The van der Waals surface area contributed by atoms with Crippen LogP contribution in [-0.2, 0) is 24.4 Å². The molecule has 0 saturated carbocycles. The van der Waals surface area contributed by atoms with Gasteiger partial charge < -0.3 is 13.9 Å². The number of halogens is 1. The lowest BCUT2D eigenvalue weighted by atomic mass is 9.82. The van der Waals surface area contributed by atoms with Crippen molar-refractivity contribution in [2.45, 2.75) is 12.5 Å². The fraction of sp³-hybridized carbons (Fsp3) is 0.172. The summed E-state index contributed by atoms with van der Waals surface area (Å²) in [4.78, 5) is 17.3. The van der Waals surface area contributed by atoms with Crippen LogP contribution in [0.25, 0.3) is 22.0 Å². The molecule has 0 N–H and O–H groups in total. The average molecular weight is 484 g/mol. The molecule has 0 saturated heterocycles. The minimum absolute atomic E-state index is 0.0501. The lowest BCUT2D eigenvalue weighted by Crippen LogP contribution is -2.33. The van der Waals surface area contributed by atoms with Crippen molar-refractivity contribution in [3.8, 4) is 11.1 Å². The Morgan fingerprint density at radius 3 is 2.29 bits per heavy atom. The summed E-state index contributed by atoms with van der Waals surface area (Å²) in [5, 5.41) is 1.62. The Labute approximate surface area is 209 Å². The molecule has 1 unspecified atom stereocenters. The SMILES string of the molecule is COC(c1ccc(Cl)cc1)(c1ccc2c(c1)c(-c1ccccc1C)cc(=O)n2C)c1cncn1C. The molecule has 0 spiro atoms. The van der Waals surface area contributed by atoms with E-state index in [0.717, 1.165) is 44.4 Å². The predicted molar refractivity (Wildman–Crippen MR) is 141 cm³/mol. The van der Waals surface area contributed by atoms with Crippen molar-refractivity contribution in [1.29, 1.82) is 0 Å². The fourth-order valence-electron chi connectivity index (χ4n) is 4.96. The molecule has 35 heavy (non-hydrogen) atoms. The number of pyridine rings is 1. The first-order valence-corrected chi connectivity index (χ1v) is 11.7. The quantitative estimate of drug-likeness (QED) is 0.315. The average Bonchev–Trinajstić information content (AvgIpc) is 3.30. The minimum atomic E-state index is -0.943. The summed E-state index contributed by atoms with van der Waals surface area (Å²) in [6, 6.07) is 23.7. The highest BCUT2D eigenvalue weighted by Gasteiger charge is 2.39. The van der Waals surface area contributed by atoms with E-state index in [9.17, 15) is 4.79 Å². The summed E-state index contributed by atoms with van der Waals surface area (Å²) in [7, 11) is 5.46. The molecular formula is C29H26ClN3O2. The van der Waals surface area contributed by atoms with E-state index < -0.39 is 5.60 Å². The van der Waals surface area contributed by atoms with Gasteiger partial charge in [0.05, 0.1) is 23.7 Å². The van der Waals surface area contributed by atoms with Crippen LogP contribution in [-0.4, -0.2) is 21.2 Å². The Hall–Kier alpha value is -3.67. The molecule has 2 heterocycles. The highest BCUT2D eigenvalue weighted by molar-refractivity contribution is 6.30. The first-order chi connectivity index (χ1) is 16.9. The van der Waals surface area contributed by atoms with Gasteiger partial charge in [-0.3, -0.25) is 4.79 Å². The van der Waals surface area contributed by atoms with Crippen LogP contribution in [0.2, 0.25) is 5.02 Å². The number of nitrogens with zero attached hydrogens (tertiary/aromatic N) is 3. The van der Waals surface area contributed by atoms with Crippen LogP contribution in [0.3, 0.4) is 0 Å². The van der Waals surface area contributed by atoms with E-state index in [2.05, 4.69) is 30.1 Å². The van der Waals surface area contributed by atoms with Crippen LogP contribution in [0.4, 0.5) is 0 Å². The summed E-state index contributed by atoms with van der Waals surface area (Å²) in [5.74, 6) is 0. The van der Waals surface area contributed by atoms with Gasteiger partial charge in [-0.15, -0.1) is 0 Å². The zero-order valence-corrected chi connectivity index (χ0v) is 20.9. The first kappa shape index (κ1) is 23.1. The topological polar surface area (TPSA) is 49.1 Å². The molecule has 176 valence electrons. The van der Waals surface area contributed by atoms with Crippen molar-refractivity contribution in [3.63, 3.8) is 0 Å². The van der Waals surface area contributed by atoms with Crippen LogP contribution < -0.4 is 5.56 Å². The first-order valence-electron chi connectivity index (χ1n) is 11.3. The standard InChI is InChI=1S/C29H26ClN3O2/c1-19-7-5-6-8-23(19)24-16-28(34)33(3)26-14-11-21(15-25(24)26)29(35-4,27-17-31-18-32(27)2)20-9-12-22(30)13-10-20/h5-18H,1-4H3. The van der Waals surface area contributed by atoms with E-state index >= 15 is 0 Å². The Morgan fingerprint density at radius 2 is 1.63 bits per heavy atom. The second kappa shape index (κ2) is 8.84. The molecule has 0 aliphatic rings. The summed E-state index contributed by atoms with van der Waals surface area (Å²) in [6.07, 6.45) is 3.59. The Kier molecular flexibility index (Phi) is 5.83. The van der Waals surface area contributed by atoms with Crippen molar-refractivity contribution in [1.82, 2.24) is 14.1 Å². The monoisotopic (exact) mass is 483 g/mol. The molecule has 5 nitrogen and oxygen atoms in total. The van der Waals surface area contributed by atoms with Gasteiger partial charge in [0.15, 0.2) is 5.60 Å². The molecule has 5 rings (SSSR count). The van der Waals surface area contributed by atoms with E-state index in [-0.39, 0.29) is 5.56 Å². The Bertz CT molecular complexity index is 1600. The van der Waals surface area contributed by atoms with Crippen molar-refractivity contribution in [3.05, 3.63) is 123 Å². The van der Waals surface area contributed by atoms with Crippen molar-refractivity contribution in [2.24, 2.45) is 14.1 Å². The van der Waals surface area contributed by atoms with Crippen LogP contribution in [0, 0.1) is 6.92 Å². The summed E-state index contributed by atoms with van der Waals surface area (Å²) in [5.41, 5.74) is 5.62. The normalized spacial score (nSPS) is 13.2. The smallest absolute Gasteiger partial charge is 0.251 e. The molecule has 0 amide bonds. The van der Waals surface area contributed by atoms with Gasteiger partial charge in [0.2, 0.25) is 0 Å². The second-order valence-corrected chi connectivity index (χ2v) is 9.22. The van der Waals surface area contributed by atoms with Crippen molar-refractivity contribution in [2.75, 3.05) is 7.11 Å². The molecule has 0 bridgehead atoms. The van der Waals surface area contributed by atoms with Crippen LogP contribution >= 0.6 is 11.6 Å². The zero-order chi connectivity index (χ0) is 24.7. The van der Waals surface area contributed by atoms with Gasteiger partial charge >= 0.3 is 0 Å². The number of imidazole rings is 1. The maximum Gasteiger partial charge on any atom is 0.251 e. The highest BCUT2D eigenvalue weighted by atomic mass is 35.5. The number of methoxy groups -OCH3 is 1. The number of aromatic nitrogens is 3. The molecular weight excluding hydrogens is 458 g/mol. The van der Waals surface area contributed by atoms with Gasteiger partial charge in [-0.2, -0.15) is 0 Å². The largest absolute Gasteiger partial charge is 0.362 e. The van der Waals surface area contributed by atoms with E-state index in [1.807, 2.05) is 66.3 Å². The number of ether oxygens (including phenoxy) is 1. The van der Waals surface area contributed by atoms with E-state index in [4.69, 9.17) is 16.3 Å². The lowest BCUT2D eigenvalue weighted by molar-refractivity contribution is 0.0525. The van der Waals surface area contributed by atoms with Crippen LogP contribution in [0.1, 0.15) is 22.4 Å². The zero-order valence-electron chi connectivity index (χ0n) is 20.1. The molecule has 0 aliphatic carbocycles. The van der Waals surface area contributed by atoms with E-state index in [1.165, 1.54) is 0 Å². The lowest BCUT2D eigenvalue weighted by Gasteiger charge is -2.34. The summed E-state index contributed by atoms with van der Waals surface area (Å²) in [6.45, 7) is 2.06. The van der Waals surface area contributed by atoms with Gasteiger partial charge in [0.1, 0.15) is 0 Å². The third-order valence-corrected chi connectivity index (χ3v) is 7.07. The second-order valence-electron chi connectivity index (χ2n) is 8.78. The molecule has 1 atom stereocenters. The van der Waals surface area contributed by atoms with Crippen molar-refractivity contribution < 1.29 is 4.74 Å². The predicted octanol–water partition coefficient (Wildman–Crippen LogP) is 5.84. The number of hydrogen-bond acceptors (Lipinski definition) is 3. The summed E-state index contributed by atoms with van der Waals surface area (Å²) < 4.78 is 10.0. The third-order valence-electron chi connectivity index (χ3n) is 6.82. The van der Waals surface area contributed by atoms with E-state index in [0.29, 0.717) is 5.02 Å². The number of hydrogen-bond donors (Lipinski definition) is 0. The molecule has 5 aromatic rings. The maximum atomic E-state index is 12.9. The molecule has 3 aromatic carbocycles. The molecule has 6 heteroatoms. The van der Waals surface area contributed by atoms with Gasteiger partial charge in [-0.05, 0) is 59.0 Å². The fourth-order valence-corrected chi connectivity index (χ4v) is 5.09. The van der Waals surface area contributed by atoms with Gasteiger partial charge in [-0.25, -0.2) is 4.98 Å². The number of fused-ring (bicyclic) bond motifs is 1. The molecule has 0 radical (unpaired) electrons. The van der Waals surface area contributed by atoms with E-state index in [1.54, 1.807) is 31.1 Å². The molecule has 2 aromatic heterocycles. The number of aryl methyl sites for hydroxylation is 3. The Balaban J connectivity index is 1.88. The van der Waals surface area contributed by atoms with Gasteiger partial charge in [-0.1, -0.05) is 54.1 Å². The van der Waals surface area contributed by atoms with Gasteiger partial charge in [0.25, 0.3) is 5.56 Å². The number of benzene rings is 3. The molecule has 0 aliphatic heterocycles.